The van der Waals surface area contributed by atoms with E-state index in [0.717, 1.165) is 22.1 Å². The SMILES string of the molecule is COc1ccccc1N(CC(=O)Nc1ccc2c(c1)OCCCO2)S(=O)(=O)c1cccs1. The van der Waals surface area contributed by atoms with E-state index in [1.54, 1.807) is 53.9 Å². The predicted molar refractivity (Wildman–Crippen MR) is 123 cm³/mol. The van der Waals surface area contributed by atoms with E-state index < -0.39 is 22.5 Å². The van der Waals surface area contributed by atoms with Crippen molar-refractivity contribution >= 4 is 38.6 Å². The van der Waals surface area contributed by atoms with Gasteiger partial charge in [-0.1, -0.05) is 18.2 Å². The third-order valence-electron chi connectivity index (χ3n) is 4.71. The lowest BCUT2D eigenvalue weighted by atomic mass is 10.2. The van der Waals surface area contributed by atoms with Crippen molar-refractivity contribution in [3.63, 3.8) is 0 Å². The minimum atomic E-state index is -3.98. The van der Waals surface area contributed by atoms with Crippen LogP contribution in [0.25, 0.3) is 0 Å². The molecule has 3 aromatic rings. The van der Waals surface area contributed by atoms with Crippen molar-refractivity contribution in [1.29, 1.82) is 0 Å². The van der Waals surface area contributed by atoms with Gasteiger partial charge >= 0.3 is 0 Å². The summed E-state index contributed by atoms with van der Waals surface area (Å²) in [6.07, 6.45) is 0.769. The quantitative estimate of drug-likeness (QED) is 0.561. The summed E-state index contributed by atoms with van der Waals surface area (Å²) < 4.78 is 44.5. The number of carbonyl (C=O) groups excluding carboxylic acids is 1. The first-order chi connectivity index (χ1) is 15.5. The van der Waals surface area contributed by atoms with E-state index in [-0.39, 0.29) is 9.90 Å². The van der Waals surface area contributed by atoms with Crippen LogP contribution in [0.2, 0.25) is 0 Å². The van der Waals surface area contributed by atoms with Gasteiger partial charge in [0, 0.05) is 18.2 Å². The van der Waals surface area contributed by atoms with E-state index in [9.17, 15) is 13.2 Å². The highest BCUT2D eigenvalue weighted by Gasteiger charge is 2.30. The number of amides is 1. The van der Waals surface area contributed by atoms with Crippen molar-refractivity contribution in [2.45, 2.75) is 10.6 Å². The van der Waals surface area contributed by atoms with Gasteiger partial charge < -0.3 is 19.5 Å². The highest BCUT2D eigenvalue weighted by Crippen LogP contribution is 2.34. The molecule has 0 spiro atoms. The molecule has 168 valence electrons. The van der Waals surface area contributed by atoms with Crippen molar-refractivity contribution < 1.29 is 27.4 Å². The van der Waals surface area contributed by atoms with Crippen LogP contribution in [0.3, 0.4) is 0 Å². The van der Waals surface area contributed by atoms with E-state index in [2.05, 4.69) is 5.32 Å². The molecule has 10 heteroatoms. The average Bonchev–Trinajstić information content (AvgIpc) is 3.25. The highest BCUT2D eigenvalue weighted by molar-refractivity contribution is 7.94. The lowest BCUT2D eigenvalue weighted by molar-refractivity contribution is -0.114. The number of carbonyl (C=O) groups is 1. The lowest BCUT2D eigenvalue weighted by Gasteiger charge is -2.25. The Balaban J connectivity index is 1.61. The molecule has 1 aliphatic heterocycles. The molecule has 0 saturated carbocycles. The molecule has 1 aromatic heterocycles. The molecular weight excluding hydrogens is 452 g/mol. The predicted octanol–water partition coefficient (Wildman–Crippen LogP) is 3.75. The van der Waals surface area contributed by atoms with Crippen LogP contribution in [0.1, 0.15) is 6.42 Å². The van der Waals surface area contributed by atoms with E-state index in [4.69, 9.17) is 14.2 Å². The monoisotopic (exact) mass is 474 g/mol. The first-order valence-electron chi connectivity index (χ1n) is 9.88. The maximum atomic E-state index is 13.3. The molecule has 0 fully saturated rings. The van der Waals surface area contributed by atoms with Crippen LogP contribution >= 0.6 is 11.3 Å². The molecule has 2 heterocycles. The van der Waals surface area contributed by atoms with Crippen LogP contribution < -0.4 is 23.8 Å². The number of benzene rings is 2. The number of hydrogen-bond donors (Lipinski definition) is 1. The number of rotatable bonds is 7. The first-order valence-corrected chi connectivity index (χ1v) is 12.2. The van der Waals surface area contributed by atoms with Gasteiger partial charge in [-0.2, -0.15) is 0 Å². The molecule has 0 aliphatic carbocycles. The molecule has 2 aromatic carbocycles. The third-order valence-corrected chi connectivity index (χ3v) is 7.84. The van der Waals surface area contributed by atoms with Crippen LogP contribution in [0.4, 0.5) is 11.4 Å². The molecule has 0 atom stereocenters. The molecule has 32 heavy (non-hydrogen) atoms. The van der Waals surface area contributed by atoms with Crippen molar-refractivity contribution in [1.82, 2.24) is 0 Å². The number of thiophene rings is 1. The summed E-state index contributed by atoms with van der Waals surface area (Å²) >= 11 is 1.08. The number of hydrogen-bond acceptors (Lipinski definition) is 7. The van der Waals surface area contributed by atoms with Crippen LogP contribution in [0, 0.1) is 0 Å². The Labute approximate surface area is 190 Å². The number of sulfonamides is 1. The second-order valence-electron chi connectivity index (χ2n) is 6.88. The van der Waals surface area contributed by atoms with Gasteiger partial charge in [-0.25, -0.2) is 8.42 Å². The maximum Gasteiger partial charge on any atom is 0.274 e. The smallest absolute Gasteiger partial charge is 0.274 e. The lowest BCUT2D eigenvalue weighted by Crippen LogP contribution is -2.38. The molecule has 1 aliphatic rings. The Morgan fingerprint density at radius 3 is 2.62 bits per heavy atom. The summed E-state index contributed by atoms with van der Waals surface area (Å²) in [4.78, 5) is 12.9. The zero-order valence-corrected chi connectivity index (χ0v) is 18.9. The Hall–Kier alpha value is -3.24. The molecule has 0 bridgehead atoms. The molecule has 1 amide bonds. The van der Waals surface area contributed by atoms with Crippen molar-refractivity contribution in [3.05, 3.63) is 60.0 Å². The van der Waals surface area contributed by atoms with E-state index >= 15 is 0 Å². The largest absolute Gasteiger partial charge is 0.495 e. The number of methoxy groups -OCH3 is 1. The zero-order valence-electron chi connectivity index (χ0n) is 17.3. The molecule has 8 nitrogen and oxygen atoms in total. The third kappa shape index (κ3) is 4.66. The fourth-order valence-corrected chi connectivity index (χ4v) is 5.76. The molecular formula is C22H22N2O6S2. The number of anilines is 2. The van der Waals surface area contributed by atoms with Gasteiger partial charge in [-0.15, -0.1) is 11.3 Å². The van der Waals surface area contributed by atoms with Gasteiger partial charge in [0.25, 0.3) is 10.0 Å². The number of para-hydroxylation sites is 2. The Bertz CT molecular complexity index is 1190. The minimum absolute atomic E-state index is 0.131. The average molecular weight is 475 g/mol. The van der Waals surface area contributed by atoms with Crippen LogP contribution in [0.15, 0.2) is 64.2 Å². The van der Waals surface area contributed by atoms with Crippen LogP contribution in [-0.4, -0.2) is 41.2 Å². The summed E-state index contributed by atoms with van der Waals surface area (Å²) in [6.45, 7) is 0.646. The number of ether oxygens (including phenoxy) is 3. The summed E-state index contributed by atoms with van der Waals surface area (Å²) in [5.41, 5.74) is 0.755. The second kappa shape index (κ2) is 9.49. The molecule has 4 rings (SSSR count). The molecule has 0 saturated heterocycles. The van der Waals surface area contributed by atoms with Gasteiger partial charge in [0.05, 0.1) is 26.0 Å². The number of nitrogens with one attached hydrogen (secondary N) is 1. The van der Waals surface area contributed by atoms with Crippen molar-refractivity contribution in [3.8, 4) is 17.2 Å². The molecule has 0 radical (unpaired) electrons. The Morgan fingerprint density at radius 2 is 1.88 bits per heavy atom. The topological polar surface area (TPSA) is 94.2 Å². The number of nitrogens with zero attached hydrogens (tertiary/aromatic N) is 1. The van der Waals surface area contributed by atoms with Crippen molar-refractivity contribution in [2.75, 3.05) is 36.5 Å². The standard InChI is InChI=1S/C22H22N2O6S2/c1-28-18-7-3-2-6-17(18)24(32(26,27)22-8-4-13-31-22)15-21(25)23-16-9-10-19-20(14-16)30-12-5-11-29-19/h2-4,6-10,13-14H,5,11-12,15H2,1H3,(H,23,25). The van der Waals surface area contributed by atoms with Gasteiger partial charge in [0.2, 0.25) is 5.91 Å². The van der Waals surface area contributed by atoms with Gasteiger partial charge in [-0.3, -0.25) is 9.10 Å². The molecule has 1 N–H and O–H groups in total. The van der Waals surface area contributed by atoms with E-state index in [0.29, 0.717) is 36.1 Å². The summed E-state index contributed by atoms with van der Waals surface area (Å²) in [7, 11) is -2.53. The van der Waals surface area contributed by atoms with Gasteiger partial charge in [0.1, 0.15) is 16.5 Å². The summed E-state index contributed by atoms with van der Waals surface area (Å²) in [5.74, 6) is 0.978. The fourth-order valence-electron chi connectivity index (χ4n) is 3.23. The maximum absolute atomic E-state index is 13.3. The Kier molecular flexibility index (Phi) is 6.52. The Morgan fingerprint density at radius 1 is 1.09 bits per heavy atom. The first kappa shape index (κ1) is 22.0. The second-order valence-corrected chi connectivity index (χ2v) is 9.91. The highest BCUT2D eigenvalue weighted by atomic mass is 32.2. The molecule has 0 unspecified atom stereocenters. The van der Waals surface area contributed by atoms with Crippen LogP contribution in [-0.2, 0) is 14.8 Å². The fraction of sp³-hybridized carbons (Fsp3) is 0.227. The minimum Gasteiger partial charge on any atom is -0.495 e. The van der Waals surface area contributed by atoms with Crippen molar-refractivity contribution in [2.24, 2.45) is 0 Å². The normalized spacial score (nSPS) is 13.2. The summed E-state index contributed by atoms with van der Waals surface area (Å²) in [5, 5.41) is 4.42. The number of fused-ring (bicyclic) bond motifs is 1. The summed E-state index contributed by atoms with van der Waals surface area (Å²) in [6, 6.07) is 14.9. The van der Waals surface area contributed by atoms with E-state index in [1.165, 1.54) is 13.2 Å². The van der Waals surface area contributed by atoms with Gasteiger partial charge in [0.15, 0.2) is 11.5 Å². The van der Waals surface area contributed by atoms with Gasteiger partial charge in [-0.05, 0) is 35.7 Å². The zero-order chi connectivity index (χ0) is 22.6. The van der Waals surface area contributed by atoms with E-state index in [1.807, 2.05) is 0 Å². The van der Waals surface area contributed by atoms with Crippen LogP contribution in [0.5, 0.6) is 17.2 Å².